The molecular formula is C14H16ClN3. The van der Waals surface area contributed by atoms with Crippen LogP contribution >= 0.6 is 11.6 Å². The summed E-state index contributed by atoms with van der Waals surface area (Å²) in [5.74, 6) is 0.754. The molecule has 0 radical (unpaired) electrons. The Morgan fingerprint density at radius 2 is 1.94 bits per heavy atom. The van der Waals surface area contributed by atoms with Crippen molar-refractivity contribution in [1.29, 1.82) is 0 Å². The summed E-state index contributed by atoms with van der Waals surface area (Å²) in [7, 11) is 0. The molecule has 3 nitrogen and oxygen atoms in total. The van der Waals surface area contributed by atoms with Crippen LogP contribution in [0.3, 0.4) is 0 Å². The molecular weight excluding hydrogens is 246 g/mol. The molecule has 0 unspecified atom stereocenters. The summed E-state index contributed by atoms with van der Waals surface area (Å²) in [5, 5.41) is 4.01. The second-order valence-corrected chi connectivity index (χ2v) is 4.63. The van der Waals surface area contributed by atoms with Gasteiger partial charge in [-0.2, -0.15) is 0 Å². The Balaban J connectivity index is 1.92. The number of aromatic nitrogens is 1. The molecule has 18 heavy (non-hydrogen) atoms. The Labute approximate surface area is 112 Å². The SMILES string of the molecule is Cc1ccnc(NCCc2ccc(Cl)cc2)c1N. The molecule has 0 amide bonds. The van der Waals surface area contributed by atoms with E-state index in [1.807, 2.05) is 37.3 Å². The van der Waals surface area contributed by atoms with Crippen molar-refractivity contribution in [2.75, 3.05) is 17.6 Å². The van der Waals surface area contributed by atoms with Gasteiger partial charge < -0.3 is 11.1 Å². The highest BCUT2D eigenvalue weighted by atomic mass is 35.5. The Hall–Kier alpha value is -1.74. The van der Waals surface area contributed by atoms with Crippen molar-refractivity contribution < 1.29 is 0 Å². The summed E-state index contributed by atoms with van der Waals surface area (Å²) in [4.78, 5) is 4.23. The molecule has 2 rings (SSSR count). The molecule has 0 saturated carbocycles. The monoisotopic (exact) mass is 261 g/mol. The molecule has 94 valence electrons. The summed E-state index contributed by atoms with van der Waals surface area (Å²) < 4.78 is 0. The van der Waals surface area contributed by atoms with E-state index in [1.54, 1.807) is 6.20 Å². The average Bonchev–Trinajstić information content (AvgIpc) is 2.37. The summed E-state index contributed by atoms with van der Waals surface area (Å²) in [6.07, 6.45) is 2.67. The number of hydrogen-bond donors (Lipinski definition) is 2. The number of hydrogen-bond acceptors (Lipinski definition) is 3. The highest BCUT2D eigenvalue weighted by molar-refractivity contribution is 6.30. The van der Waals surface area contributed by atoms with E-state index in [0.29, 0.717) is 5.69 Å². The van der Waals surface area contributed by atoms with Gasteiger partial charge in [-0.1, -0.05) is 23.7 Å². The van der Waals surface area contributed by atoms with Crippen molar-refractivity contribution in [2.24, 2.45) is 0 Å². The molecule has 0 saturated heterocycles. The summed E-state index contributed by atoms with van der Waals surface area (Å²) in [5.41, 5.74) is 8.93. The minimum atomic E-state index is 0.716. The van der Waals surface area contributed by atoms with Crippen LogP contribution in [0.2, 0.25) is 5.02 Å². The first-order chi connectivity index (χ1) is 8.66. The first-order valence-electron chi connectivity index (χ1n) is 5.86. The van der Waals surface area contributed by atoms with Crippen molar-refractivity contribution in [3.8, 4) is 0 Å². The summed E-state index contributed by atoms with van der Waals surface area (Å²) >= 11 is 5.84. The molecule has 0 fully saturated rings. The third-order valence-electron chi connectivity index (χ3n) is 2.83. The van der Waals surface area contributed by atoms with Gasteiger partial charge in [0.2, 0.25) is 0 Å². The maximum absolute atomic E-state index is 5.94. The van der Waals surface area contributed by atoms with Crippen LogP contribution in [0.25, 0.3) is 0 Å². The number of nitrogens with two attached hydrogens (primary N) is 1. The number of nitrogen functional groups attached to an aromatic ring is 1. The standard InChI is InChI=1S/C14H16ClN3/c1-10-6-8-17-14(13(10)16)18-9-7-11-2-4-12(15)5-3-11/h2-6,8H,7,9,16H2,1H3,(H,17,18). The van der Waals surface area contributed by atoms with Gasteiger partial charge in [-0.25, -0.2) is 4.98 Å². The fraction of sp³-hybridized carbons (Fsp3) is 0.214. The Kier molecular flexibility index (Phi) is 4.05. The summed E-state index contributed by atoms with van der Waals surface area (Å²) in [6, 6.07) is 9.75. The van der Waals surface area contributed by atoms with Crippen molar-refractivity contribution in [3.63, 3.8) is 0 Å². The van der Waals surface area contributed by atoms with E-state index in [1.165, 1.54) is 5.56 Å². The lowest BCUT2D eigenvalue weighted by Gasteiger charge is -2.09. The zero-order chi connectivity index (χ0) is 13.0. The zero-order valence-electron chi connectivity index (χ0n) is 10.3. The quantitative estimate of drug-likeness (QED) is 0.888. The molecule has 0 aliphatic rings. The second kappa shape index (κ2) is 5.74. The molecule has 0 spiro atoms. The van der Waals surface area contributed by atoms with E-state index in [9.17, 15) is 0 Å². The van der Waals surface area contributed by atoms with Crippen LogP contribution in [-0.4, -0.2) is 11.5 Å². The molecule has 1 heterocycles. The minimum Gasteiger partial charge on any atom is -0.396 e. The van der Waals surface area contributed by atoms with Gasteiger partial charge in [0.1, 0.15) is 5.82 Å². The highest BCUT2D eigenvalue weighted by Gasteiger charge is 2.02. The number of aryl methyl sites for hydroxylation is 1. The first-order valence-corrected chi connectivity index (χ1v) is 6.24. The third kappa shape index (κ3) is 3.14. The molecule has 0 aliphatic heterocycles. The van der Waals surface area contributed by atoms with Gasteiger partial charge >= 0.3 is 0 Å². The molecule has 1 aromatic carbocycles. The highest BCUT2D eigenvalue weighted by Crippen LogP contribution is 2.18. The normalized spacial score (nSPS) is 10.3. The maximum atomic E-state index is 5.94. The van der Waals surface area contributed by atoms with Crippen LogP contribution in [0, 0.1) is 6.92 Å². The number of nitrogens with one attached hydrogen (secondary N) is 1. The van der Waals surface area contributed by atoms with E-state index in [2.05, 4.69) is 10.3 Å². The van der Waals surface area contributed by atoms with Gasteiger partial charge in [-0.3, -0.25) is 0 Å². The third-order valence-corrected chi connectivity index (χ3v) is 3.08. The van der Waals surface area contributed by atoms with Crippen LogP contribution in [-0.2, 0) is 6.42 Å². The van der Waals surface area contributed by atoms with Gasteiger partial charge in [-0.05, 0) is 42.7 Å². The minimum absolute atomic E-state index is 0.716. The largest absolute Gasteiger partial charge is 0.396 e. The van der Waals surface area contributed by atoms with Crippen molar-refractivity contribution in [3.05, 3.63) is 52.7 Å². The van der Waals surface area contributed by atoms with Gasteiger partial charge in [-0.15, -0.1) is 0 Å². The van der Waals surface area contributed by atoms with E-state index >= 15 is 0 Å². The Morgan fingerprint density at radius 1 is 1.22 bits per heavy atom. The molecule has 2 aromatic rings. The number of benzene rings is 1. The molecule has 0 atom stereocenters. The number of anilines is 2. The fourth-order valence-corrected chi connectivity index (χ4v) is 1.81. The van der Waals surface area contributed by atoms with Crippen LogP contribution in [0.1, 0.15) is 11.1 Å². The average molecular weight is 262 g/mol. The number of pyridine rings is 1. The first kappa shape index (κ1) is 12.7. The van der Waals surface area contributed by atoms with E-state index < -0.39 is 0 Å². The number of rotatable bonds is 4. The molecule has 3 N–H and O–H groups in total. The Morgan fingerprint density at radius 3 is 2.67 bits per heavy atom. The lowest BCUT2D eigenvalue weighted by molar-refractivity contribution is 1.01. The molecule has 4 heteroatoms. The van der Waals surface area contributed by atoms with Crippen LogP contribution in [0.15, 0.2) is 36.5 Å². The van der Waals surface area contributed by atoms with Gasteiger partial charge in [0, 0.05) is 17.8 Å². The van der Waals surface area contributed by atoms with Gasteiger partial charge in [0.15, 0.2) is 0 Å². The van der Waals surface area contributed by atoms with Crippen LogP contribution in [0.5, 0.6) is 0 Å². The summed E-state index contributed by atoms with van der Waals surface area (Å²) in [6.45, 7) is 2.77. The van der Waals surface area contributed by atoms with Gasteiger partial charge in [0.05, 0.1) is 5.69 Å². The fourth-order valence-electron chi connectivity index (χ4n) is 1.69. The van der Waals surface area contributed by atoms with Crippen molar-refractivity contribution in [2.45, 2.75) is 13.3 Å². The predicted molar refractivity (Wildman–Crippen MR) is 77.0 cm³/mol. The molecule has 1 aromatic heterocycles. The smallest absolute Gasteiger partial charge is 0.149 e. The number of nitrogens with zero attached hydrogens (tertiary/aromatic N) is 1. The van der Waals surface area contributed by atoms with Gasteiger partial charge in [0.25, 0.3) is 0 Å². The topological polar surface area (TPSA) is 50.9 Å². The van der Waals surface area contributed by atoms with Crippen molar-refractivity contribution in [1.82, 2.24) is 4.98 Å². The zero-order valence-corrected chi connectivity index (χ0v) is 11.0. The maximum Gasteiger partial charge on any atom is 0.149 e. The van der Waals surface area contributed by atoms with Crippen LogP contribution in [0.4, 0.5) is 11.5 Å². The number of halogens is 1. The van der Waals surface area contributed by atoms with Crippen LogP contribution < -0.4 is 11.1 Å². The second-order valence-electron chi connectivity index (χ2n) is 4.19. The van der Waals surface area contributed by atoms with Crippen molar-refractivity contribution >= 4 is 23.1 Å². The van der Waals surface area contributed by atoms with E-state index in [-0.39, 0.29) is 0 Å². The predicted octanol–water partition coefficient (Wildman–Crippen LogP) is 3.28. The lowest BCUT2D eigenvalue weighted by Crippen LogP contribution is -2.09. The Bertz CT molecular complexity index is 523. The molecule has 0 aliphatic carbocycles. The van der Waals surface area contributed by atoms with E-state index in [4.69, 9.17) is 17.3 Å². The lowest BCUT2D eigenvalue weighted by atomic mass is 10.1. The van der Waals surface area contributed by atoms with E-state index in [0.717, 1.165) is 29.4 Å². The molecule has 0 bridgehead atoms.